The first kappa shape index (κ1) is 14.4. The molecule has 0 fully saturated rings. The molecule has 0 aliphatic heterocycles. The minimum Gasteiger partial charge on any atom is -0.435 e. The summed E-state index contributed by atoms with van der Waals surface area (Å²) in [6, 6.07) is 11.5. The summed E-state index contributed by atoms with van der Waals surface area (Å²) in [5.74, 6) is -0.125. The maximum atomic E-state index is 12.0. The largest absolute Gasteiger partial charge is 0.435 e. The van der Waals surface area contributed by atoms with Crippen LogP contribution in [0.3, 0.4) is 0 Å². The summed E-state index contributed by atoms with van der Waals surface area (Å²) >= 11 is 0. The molecule has 2 aromatic rings. The van der Waals surface area contributed by atoms with E-state index in [1.165, 1.54) is 12.1 Å². The molecule has 2 unspecified atom stereocenters. The molecule has 5 heteroatoms. The van der Waals surface area contributed by atoms with Crippen molar-refractivity contribution >= 4 is 0 Å². The Hall–Kier alpha value is -2.01. The minimum atomic E-state index is -2.85. The van der Waals surface area contributed by atoms with Crippen LogP contribution >= 0.6 is 0 Å². The van der Waals surface area contributed by atoms with Crippen molar-refractivity contribution in [2.45, 2.75) is 25.6 Å². The number of pyridine rings is 1. The van der Waals surface area contributed by atoms with Crippen molar-refractivity contribution in [1.29, 1.82) is 0 Å². The first-order valence-electron chi connectivity index (χ1n) is 6.21. The van der Waals surface area contributed by atoms with Crippen molar-refractivity contribution < 1.29 is 18.6 Å². The molecule has 0 aliphatic rings. The fraction of sp³-hybridized carbons (Fsp3) is 0.267. The average Bonchev–Trinajstić information content (AvgIpc) is 2.47. The van der Waals surface area contributed by atoms with Crippen molar-refractivity contribution in [1.82, 2.24) is 4.98 Å². The standard InChI is InChI=1S/C15H15F2NO2/c1-10(13-4-2-3-9-18-13)14(19)11-5-7-12(8-6-11)20-15(16)17/h2-10,14-15,19H,1H3. The van der Waals surface area contributed by atoms with Gasteiger partial charge in [-0.2, -0.15) is 8.78 Å². The highest BCUT2D eigenvalue weighted by Gasteiger charge is 2.19. The van der Waals surface area contributed by atoms with Gasteiger partial charge in [0, 0.05) is 17.8 Å². The number of hydrogen-bond acceptors (Lipinski definition) is 3. The molecule has 0 radical (unpaired) electrons. The molecule has 1 aromatic carbocycles. The van der Waals surface area contributed by atoms with Gasteiger partial charge in [-0.15, -0.1) is 0 Å². The van der Waals surface area contributed by atoms with E-state index in [0.717, 1.165) is 5.69 Å². The Labute approximate surface area is 115 Å². The number of aromatic nitrogens is 1. The molecule has 3 nitrogen and oxygen atoms in total. The summed E-state index contributed by atoms with van der Waals surface area (Å²) < 4.78 is 28.4. The van der Waals surface area contributed by atoms with E-state index in [1.807, 2.05) is 19.1 Å². The Morgan fingerprint density at radius 3 is 2.35 bits per heavy atom. The molecule has 2 atom stereocenters. The fourth-order valence-electron chi connectivity index (χ4n) is 1.94. The fourth-order valence-corrected chi connectivity index (χ4v) is 1.94. The van der Waals surface area contributed by atoms with Gasteiger partial charge in [-0.05, 0) is 29.8 Å². The van der Waals surface area contributed by atoms with Gasteiger partial charge in [0.05, 0.1) is 6.10 Å². The summed E-state index contributed by atoms with van der Waals surface area (Å²) in [5.41, 5.74) is 1.40. The zero-order chi connectivity index (χ0) is 14.5. The highest BCUT2D eigenvalue weighted by atomic mass is 19.3. The van der Waals surface area contributed by atoms with Crippen LogP contribution in [-0.2, 0) is 0 Å². The molecule has 0 aliphatic carbocycles. The average molecular weight is 279 g/mol. The van der Waals surface area contributed by atoms with Crippen LogP contribution in [0.4, 0.5) is 8.78 Å². The van der Waals surface area contributed by atoms with E-state index in [-0.39, 0.29) is 11.7 Å². The SMILES string of the molecule is CC(c1ccccn1)C(O)c1ccc(OC(F)F)cc1. The van der Waals surface area contributed by atoms with Crippen molar-refractivity contribution in [2.24, 2.45) is 0 Å². The summed E-state index contributed by atoms with van der Waals surface area (Å²) in [4.78, 5) is 4.20. The number of ether oxygens (including phenoxy) is 1. The van der Waals surface area contributed by atoms with Crippen LogP contribution in [0.1, 0.15) is 30.2 Å². The molecular weight excluding hydrogens is 264 g/mol. The predicted molar refractivity (Wildman–Crippen MR) is 70.7 cm³/mol. The Bertz CT molecular complexity index is 531. The second-order valence-corrected chi connectivity index (χ2v) is 4.44. The zero-order valence-corrected chi connectivity index (χ0v) is 10.9. The van der Waals surface area contributed by atoms with Gasteiger partial charge in [0.2, 0.25) is 0 Å². The normalized spacial score (nSPS) is 14.1. The number of rotatable bonds is 5. The molecule has 0 saturated heterocycles. The number of hydrogen-bond donors (Lipinski definition) is 1. The maximum absolute atomic E-state index is 12.0. The van der Waals surface area contributed by atoms with Gasteiger partial charge in [-0.3, -0.25) is 4.98 Å². The van der Waals surface area contributed by atoms with E-state index >= 15 is 0 Å². The topological polar surface area (TPSA) is 42.4 Å². The number of nitrogens with zero attached hydrogens (tertiary/aromatic N) is 1. The molecule has 0 bridgehead atoms. The van der Waals surface area contributed by atoms with Gasteiger partial charge in [0.15, 0.2) is 0 Å². The zero-order valence-electron chi connectivity index (χ0n) is 10.9. The van der Waals surface area contributed by atoms with Gasteiger partial charge < -0.3 is 9.84 Å². The Balaban J connectivity index is 2.11. The third-order valence-corrected chi connectivity index (χ3v) is 3.07. The van der Waals surface area contributed by atoms with E-state index in [0.29, 0.717) is 5.56 Å². The highest BCUT2D eigenvalue weighted by Crippen LogP contribution is 2.30. The van der Waals surface area contributed by atoms with Crippen molar-refractivity contribution in [3.63, 3.8) is 0 Å². The van der Waals surface area contributed by atoms with Crippen LogP contribution in [0.5, 0.6) is 5.75 Å². The van der Waals surface area contributed by atoms with Crippen LogP contribution in [-0.4, -0.2) is 16.7 Å². The lowest BCUT2D eigenvalue weighted by Crippen LogP contribution is -2.09. The second kappa shape index (κ2) is 6.43. The van der Waals surface area contributed by atoms with Crippen LogP contribution < -0.4 is 4.74 Å². The van der Waals surface area contributed by atoms with Gasteiger partial charge >= 0.3 is 6.61 Å². The quantitative estimate of drug-likeness (QED) is 0.910. The number of aliphatic hydroxyl groups excluding tert-OH is 1. The molecule has 106 valence electrons. The monoisotopic (exact) mass is 279 g/mol. The maximum Gasteiger partial charge on any atom is 0.387 e. The number of aliphatic hydroxyl groups is 1. The second-order valence-electron chi connectivity index (χ2n) is 4.44. The Morgan fingerprint density at radius 1 is 1.10 bits per heavy atom. The van der Waals surface area contributed by atoms with Crippen molar-refractivity contribution in [2.75, 3.05) is 0 Å². The lowest BCUT2D eigenvalue weighted by Gasteiger charge is -2.19. The molecule has 0 saturated carbocycles. The minimum absolute atomic E-state index is 0.0708. The summed E-state index contributed by atoms with van der Waals surface area (Å²) in [5, 5.41) is 10.3. The first-order valence-corrected chi connectivity index (χ1v) is 6.21. The molecule has 1 aromatic heterocycles. The number of alkyl halides is 2. The molecule has 0 amide bonds. The summed E-state index contributed by atoms with van der Waals surface area (Å²) in [7, 11) is 0. The first-order chi connectivity index (χ1) is 9.58. The highest BCUT2D eigenvalue weighted by molar-refractivity contribution is 5.30. The van der Waals surface area contributed by atoms with Crippen LogP contribution in [0.25, 0.3) is 0 Å². The van der Waals surface area contributed by atoms with E-state index in [4.69, 9.17) is 0 Å². The molecule has 1 heterocycles. The van der Waals surface area contributed by atoms with Crippen molar-refractivity contribution in [3.05, 3.63) is 59.9 Å². The van der Waals surface area contributed by atoms with Crippen molar-refractivity contribution in [3.8, 4) is 5.75 Å². The van der Waals surface area contributed by atoms with Gasteiger partial charge in [0.1, 0.15) is 5.75 Å². The Morgan fingerprint density at radius 2 is 1.80 bits per heavy atom. The third kappa shape index (κ3) is 3.51. The lowest BCUT2D eigenvalue weighted by atomic mass is 9.94. The van der Waals surface area contributed by atoms with Crippen LogP contribution in [0.15, 0.2) is 48.7 Å². The van der Waals surface area contributed by atoms with E-state index in [1.54, 1.807) is 24.4 Å². The third-order valence-electron chi connectivity index (χ3n) is 3.07. The summed E-state index contributed by atoms with van der Waals surface area (Å²) in [6.07, 6.45) is 0.906. The van der Waals surface area contributed by atoms with Gasteiger partial charge in [0.25, 0.3) is 0 Å². The lowest BCUT2D eigenvalue weighted by molar-refractivity contribution is -0.0498. The molecule has 1 N–H and O–H groups in total. The molecule has 0 spiro atoms. The smallest absolute Gasteiger partial charge is 0.387 e. The van der Waals surface area contributed by atoms with Gasteiger partial charge in [-0.1, -0.05) is 25.1 Å². The van der Waals surface area contributed by atoms with E-state index in [2.05, 4.69) is 9.72 Å². The summed E-state index contributed by atoms with van der Waals surface area (Å²) in [6.45, 7) is -0.991. The molecule has 2 rings (SSSR count). The van der Waals surface area contributed by atoms with Crippen LogP contribution in [0.2, 0.25) is 0 Å². The van der Waals surface area contributed by atoms with E-state index in [9.17, 15) is 13.9 Å². The predicted octanol–water partition coefficient (Wildman–Crippen LogP) is 3.52. The van der Waals surface area contributed by atoms with Gasteiger partial charge in [-0.25, -0.2) is 0 Å². The molecule has 20 heavy (non-hydrogen) atoms. The molecular formula is C15H15F2NO2. The Kier molecular flexibility index (Phi) is 4.63. The number of benzene rings is 1. The van der Waals surface area contributed by atoms with Crippen LogP contribution in [0, 0.1) is 0 Å². The van der Waals surface area contributed by atoms with E-state index < -0.39 is 12.7 Å². The number of halogens is 2.